The second-order valence-corrected chi connectivity index (χ2v) is 15.4. The van der Waals surface area contributed by atoms with Crippen LogP contribution in [0.2, 0.25) is 0 Å². The Balaban J connectivity index is 1.11. The molecule has 0 amide bonds. The number of hydrogen-bond donors (Lipinski definition) is 0. The van der Waals surface area contributed by atoms with Crippen LogP contribution >= 0.6 is 11.3 Å². The molecule has 0 aliphatic carbocycles. The molecule has 6 heteroatoms. The van der Waals surface area contributed by atoms with Gasteiger partial charge in [0.2, 0.25) is 0 Å². The van der Waals surface area contributed by atoms with E-state index in [4.69, 9.17) is 19.4 Å². The van der Waals surface area contributed by atoms with Crippen molar-refractivity contribution in [2.45, 2.75) is 0 Å². The van der Waals surface area contributed by atoms with Gasteiger partial charge in [0.1, 0.15) is 11.2 Å². The third kappa shape index (κ3) is 5.04. The van der Waals surface area contributed by atoms with Gasteiger partial charge in [-0.05, 0) is 65.7 Å². The number of nitrogens with zero attached hydrogens (tertiary/aromatic N) is 4. The predicted octanol–water partition coefficient (Wildman–Crippen LogP) is 13.9. The van der Waals surface area contributed by atoms with Crippen molar-refractivity contribution in [3.05, 3.63) is 182 Å². The summed E-state index contributed by atoms with van der Waals surface area (Å²) in [6, 6.07) is 63.7. The summed E-state index contributed by atoms with van der Waals surface area (Å²) in [4.78, 5) is 15.7. The van der Waals surface area contributed by atoms with E-state index in [1.807, 2.05) is 47.7 Å². The molecule has 0 radical (unpaired) electrons. The Labute approximate surface area is 330 Å². The van der Waals surface area contributed by atoms with E-state index in [2.05, 4.69) is 150 Å². The zero-order valence-electron chi connectivity index (χ0n) is 30.4. The van der Waals surface area contributed by atoms with Crippen LogP contribution in [0.1, 0.15) is 0 Å². The highest BCUT2D eigenvalue weighted by Crippen LogP contribution is 2.45. The van der Waals surface area contributed by atoms with Crippen LogP contribution in [0.25, 0.3) is 115 Å². The molecule has 4 aromatic heterocycles. The molecule has 266 valence electrons. The maximum Gasteiger partial charge on any atom is 0.165 e. The average molecular weight is 747 g/mol. The Kier molecular flexibility index (Phi) is 7.03. The van der Waals surface area contributed by atoms with Gasteiger partial charge in [-0.3, -0.25) is 0 Å². The fraction of sp³-hybridized carbons (Fsp3) is 0. The highest BCUT2D eigenvalue weighted by molar-refractivity contribution is 7.27. The Hall–Kier alpha value is -7.41. The van der Waals surface area contributed by atoms with Gasteiger partial charge >= 0.3 is 0 Å². The van der Waals surface area contributed by atoms with Gasteiger partial charge in [0.15, 0.2) is 17.5 Å². The Morgan fingerprint density at radius 2 is 1.00 bits per heavy atom. The summed E-state index contributed by atoms with van der Waals surface area (Å²) in [5, 5.41) is 6.96. The third-order valence-corrected chi connectivity index (χ3v) is 12.3. The molecule has 0 bridgehead atoms. The first-order valence-electron chi connectivity index (χ1n) is 19.0. The molecule has 0 spiro atoms. The zero-order valence-corrected chi connectivity index (χ0v) is 31.2. The largest absolute Gasteiger partial charge is 0.456 e. The van der Waals surface area contributed by atoms with Crippen LogP contribution in [-0.4, -0.2) is 19.5 Å². The van der Waals surface area contributed by atoms with Gasteiger partial charge in [0, 0.05) is 59.4 Å². The quantitative estimate of drug-likeness (QED) is 0.176. The Morgan fingerprint density at radius 1 is 0.386 bits per heavy atom. The summed E-state index contributed by atoms with van der Waals surface area (Å²) in [5.41, 5.74) is 10.3. The van der Waals surface area contributed by atoms with Crippen molar-refractivity contribution in [2.24, 2.45) is 0 Å². The maximum atomic E-state index is 6.19. The van der Waals surface area contributed by atoms with E-state index < -0.39 is 0 Å². The van der Waals surface area contributed by atoms with Gasteiger partial charge in [-0.25, -0.2) is 15.0 Å². The fourth-order valence-electron chi connectivity index (χ4n) is 8.41. The number of rotatable bonds is 5. The smallest absolute Gasteiger partial charge is 0.165 e. The van der Waals surface area contributed by atoms with Gasteiger partial charge in [-0.2, -0.15) is 0 Å². The summed E-state index contributed by atoms with van der Waals surface area (Å²) in [6.45, 7) is 0. The highest BCUT2D eigenvalue weighted by atomic mass is 32.1. The van der Waals surface area contributed by atoms with E-state index in [-0.39, 0.29) is 0 Å². The molecule has 8 aromatic carbocycles. The molecule has 0 fully saturated rings. The second-order valence-electron chi connectivity index (χ2n) is 14.4. The molecule has 0 saturated heterocycles. The van der Waals surface area contributed by atoms with Crippen LogP contribution in [0.15, 0.2) is 186 Å². The molecule has 12 aromatic rings. The van der Waals surface area contributed by atoms with Gasteiger partial charge < -0.3 is 8.98 Å². The van der Waals surface area contributed by atoms with Crippen molar-refractivity contribution in [1.82, 2.24) is 19.5 Å². The molecule has 0 unspecified atom stereocenters. The zero-order chi connectivity index (χ0) is 37.5. The lowest BCUT2D eigenvalue weighted by atomic mass is 10.0. The monoisotopic (exact) mass is 746 g/mol. The van der Waals surface area contributed by atoms with Crippen LogP contribution < -0.4 is 0 Å². The predicted molar refractivity (Wildman–Crippen MR) is 236 cm³/mol. The van der Waals surface area contributed by atoms with Crippen LogP contribution in [0, 0.1) is 0 Å². The molecule has 0 saturated carbocycles. The Bertz CT molecular complexity index is 3530. The standard InChI is InChI=1S/C51H30N4OS/c1-3-13-31(14-4-1)32-15-11-16-33(29-32)49-52-50(34-25-28-45-42(30-34)37-20-8-10-24-44(37)56-45)54-51(53-49)41-22-12-21-39-40-27-26-38-36-19-7-9-23-43(36)55(35-17-5-2-6-18-35)46(38)48(40)57-47(39)41/h1-30H. The van der Waals surface area contributed by atoms with Gasteiger partial charge in [0.05, 0.1) is 15.7 Å². The fourth-order valence-corrected chi connectivity index (χ4v) is 9.76. The number of para-hydroxylation sites is 3. The van der Waals surface area contributed by atoms with Crippen molar-refractivity contribution in [1.29, 1.82) is 0 Å². The molecular weight excluding hydrogens is 717 g/mol. The average Bonchev–Trinajstić information content (AvgIpc) is 3.96. The van der Waals surface area contributed by atoms with E-state index >= 15 is 0 Å². The van der Waals surface area contributed by atoms with E-state index in [0.29, 0.717) is 17.5 Å². The number of fused-ring (bicyclic) bond motifs is 10. The van der Waals surface area contributed by atoms with E-state index in [0.717, 1.165) is 60.1 Å². The molecule has 0 N–H and O–H groups in total. The lowest BCUT2D eigenvalue weighted by Crippen LogP contribution is -2.00. The second kappa shape index (κ2) is 12.6. The highest BCUT2D eigenvalue weighted by Gasteiger charge is 2.21. The Morgan fingerprint density at radius 3 is 1.86 bits per heavy atom. The van der Waals surface area contributed by atoms with Crippen molar-refractivity contribution in [3.8, 4) is 51.0 Å². The van der Waals surface area contributed by atoms with E-state index in [9.17, 15) is 0 Å². The first-order valence-corrected chi connectivity index (χ1v) is 19.8. The molecule has 0 atom stereocenters. The number of hydrogen-bond acceptors (Lipinski definition) is 5. The number of benzene rings is 8. The van der Waals surface area contributed by atoms with Crippen LogP contribution in [0.3, 0.4) is 0 Å². The first-order chi connectivity index (χ1) is 28.2. The number of aromatic nitrogens is 4. The first kappa shape index (κ1) is 31.9. The van der Waals surface area contributed by atoms with Crippen molar-refractivity contribution in [2.75, 3.05) is 0 Å². The number of furan rings is 1. The third-order valence-electron chi connectivity index (χ3n) is 11.1. The van der Waals surface area contributed by atoms with Gasteiger partial charge in [-0.15, -0.1) is 11.3 Å². The van der Waals surface area contributed by atoms with Gasteiger partial charge in [-0.1, -0.05) is 127 Å². The summed E-state index contributed by atoms with van der Waals surface area (Å²) >= 11 is 1.81. The maximum absolute atomic E-state index is 6.19. The lowest BCUT2D eigenvalue weighted by Gasteiger charge is -2.10. The van der Waals surface area contributed by atoms with Crippen LogP contribution in [0.5, 0.6) is 0 Å². The minimum atomic E-state index is 0.608. The molecule has 0 aliphatic rings. The molecule has 5 nitrogen and oxygen atoms in total. The minimum Gasteiger partial charge on any atom is -0.456 e. The molecule has 4 heterocycles. The van der Waals surface area contributed by atoms with E-state index in [1.54, 1.807) is 0 Å². The van der Waals surface area contributed by atoms with Crippen molar-refractivity contribution >= 4 is 75.3 Å². The lowest BCUT2D eigenvalue weighted by molar-refractivity contribution is 0.669. The summed E-state index contributed by atoms with van der Waals surface area (Å²) in [5.74, 6) is 1.86. The molecular formula is C51H30N4OS. The normalized spacial score (nSPS) is 11.9. The van der Waals surface area contributed by atoms with Crippen molar-refractivity contribution < 1.29 is 4.42 Å². The molecule has 12 rings (SSSR count). The van der Waals surface area contributed by atoms with Crippen LogP contribution in [-0.2, 0) is 0 Å². The SMILES string of the molecule is c1ccc(-c2cccc(-c3nc(-c4ccc5oc6ccccc6c5c4)nc(-c4cccc5c4sc4c5ccc5c6ccccc6n(-c6ccccc6)c54)n3)c2)cc1. The summed E-state index contributed by atoms with van der Waals surface area (Å²) in [6.07, 6.45) is 0. The number of thiophene rings is 1. The van der Waals surface area contributed by atoms with Crippen LogP contribution in [0.4, 0.5) is 0 Å². The molecule has 0 aliphatic heterocycles. The summed E-state index contributed by atoms with van der Waals surface area (Å²) in [7, 11) is 0. The minimum absolute atomic E-state index is 0.608. The summed E-state index contributed by atoms with van der Waals surface area (Å²) < 4.78 is 11.0. The van der Waals surface area contributed by atoms with Crippen molar-refractivity contribution in [3.63, 3.8) is 0 Å². The van der Waals surface area contributed by atoms with Gasteiger partial charge in [0.25, 0.3) is 0 Å². The molecule has 57 heavy (non-hydrogen) atoms. The van der Waals surface area contributed by atoms with E-state index in [1.165, 1.54) is 37.3 Å². The topological polar surface area (TPSA) is 56.7 Å².